The first-order valence-corrected chi connectivity index (χ1v) is 4.77. The Morgan fingerprint density at radius 1 is 1.56 bits per heavy atom. The van der Waals surface area contributed by atoms with Crippen molar-refractivity contribution in [1.82, 2.24) is 0 Å². The highest BCUT2D eigenvalue weighted by atomic mass is 16.5. The average molecular weight is 216 g/mol. The summed E-state index contributed by atoms with van der Waals surface area (Å²) in [7, 11) is 0. The largest absolute Gasteiger partial charge is 0.487 e. The van der Waals surface area contributed by atoms with E-state index in [2.05, 4.69) is 11.9 Å². The predicted molar refractivity (Wildman–Crippen MR) is 61.0 cm³/mol. The van der Waals surface area contributed by atoms with Crippen LogP contribution in [0.5, 0.6) is 5.75 Å². The molecule has 1 aromatic rings. The van der Waals surface area contributed by atoms with E-state index >= 15 is 0 Å². The van der Waals surface area contributed by atoms with E-state index in [4.69, 9.17) is 10.00 Å². The molecule has 0 radical (unpaired) electrons. The monoisotopic (exact) mass is 216 g/mol. The third-order valence-corrected chi connectivity index (χ3v) is 1.76. The fourth-order valence-electron chi connectivity index (χ4n) is 1.11. The van der Waals surface area contributed by atoms with Crippen LogP contribution in [0.1, 0.15) is 6.42 Å². The summed E-state index contributed by atoms with van der Waals surface area (Å²) in [5.74, 6) is 0.214. The van der Waals surface area contributed by atoms with E-state index in [1.54, 1.807) is 36.4 Å². The van der Waals surface area contributed by atoms with Gasteiger partial charge >= 0.3 is 0 Å². The number of carbonyl (C=O) groups excluding carboxylic acids is 1. The van der Waals surface area contributed by atoms with Gasteiger partial charge in [0.25, 0.3) is 0 Å². The van der Waals surface area contributed by atoms with Crippen molar-refractivity contribution in [2.75, 3.05) is 11.9 Å². The Labute approximate surface area is 94.1 Å². The lowest BCUT2D eigenvalue weighted by atomic mass is 10.3. The molecule has 0 atom stereocenters. The van der Waals surface area contributed by atoms with Gasteiger partial charge in [0.05, 0.1) is 11.8 Å². The molecule has 82 valence electrons. The maximum absolute atomic E-state index is 11.2. The summed E-state index contributed by atoms with van der Waals surface area (Å²) in [6, 6.07) is 8.82. The highest BCUT2D eigenvalue weighted by Gasteiger charge is 2.06. The first-order valence-electron chi connectivity index (χ1n) is 4.77. The van der Waals surface area contributed by atoms with Crippen molar-refractivity contribution in [3.63, 3.8) is 0 Å². The summed E-state index contributed by atoms with van der Waals surface area (Å²) < 4.78 is 5.35. The molecule has 1 amide bonds. The second-order valence-corrected chi connectivity index (χ2v) is 2.98. The number of nitrogens with one attached hydrogen (secondary N) is 1. The molecule has 0 aliphatic carbocycles. The second-order valence-electron chi connectivity index (χ2n) is 2.98. The Hall–Kier alpha value is -2.28. The molecule has 0 aromatic heterocycles. The Morgan fingerprint density at radius 3 is 3.00 bits per heavy atom. The van der Waals surface area contributed by atoms with Crippen LogP contribution in [0.3, 0.4) is 0 Å². The van der Waals surface area contributed by atoms with E-state index in [0.29, 0.717) is 18.0 Å². The second kappa shape index (κ2) is 6.25. The number of carbonyl (C=O) groups is 1. The fourth-order valence-corrected chi connectivity index (χ4v) is 1.11. The molecule has 0 unspecified atom stereocenters. The van der Waals surface area contributed by atoms with Crippen LogP contribution in [0, 0.1) is 11.3 Å². The zero-order chi connectivity index (χ0) is 11.8. The van der Waals surface area contributed by atoms with Crippen molar-refractivity contribution in [1.29, 1.82) is 5.26 Å². The number of hydrogen-bond acceptors (Lipinski definition) is 3. The van der Waals surface area contributed by atoms with Crippen molar-refractivity contribution >= 4 is 11.6 Å². The van der Waals surface area contributed by atoms with Crippen LogP contribution >= 0.6 is 0 Å². The molecule has 0 aliphatic rings. The summed E-state index contributed by atoms with van der Waals surface area (Å²) in [5.41, 5.74) is 0.560. The van der Waals surface area contributed by atoms with Crippen molar-refractivity contribution in [2.45, 2.75) is 6.42 Å². The first kappa shape index (κ1) is 11.8. The van der Waals surface area contributed by atoms with Crippen LogP contribution in [-0.2, 0) is 4.79 Å². The lowest BCUT2D eigenvalue weighted by molar-refractivity contribution is -0.115. The summed E-state index contributed by atoms with van der Waals surface area (Å²) in [4.78, 5) is 11.2. The van der Waals surface area contributed by atoms with Gasteiger partial charge in [0.1, 0.15) is 18.8 Å². The lowest BCUT2D eigenvalue weighted by Gasteiger charge is -2.10. The smallest absolute Gasteiger partial charge is 0.238 e. The highest BCUT2D eigenvalue weighted by molar-refractivity contribution is 5.93. The molecule has 1 rings (SSSR count). The molecule has 0 fully saturated rings. The Balaban J connectivity index is 2.74. The molecule has 16 heavy (non-hydrogen) atoms. The van der Waals surface area contributed by atoms with Crippen LogP contribution < -0.4 is 10.1 Å². The third-order valence-electron chi connectivity index (χ3n) is 1.76. The molecule has 4 nitrogen and oxygen atoms in total. The lowest BCUT2D eigenvalue weighted by Crippen LogP contribution is -2.11. The maximum Gasteiger partial charge on any atom is 0.238 e. The van der Waals surface area contributed by atoms with E-state index in [-0.39, 0.29) is 12.3 Å². The quantitative estimate of drug-likeness (QED) is 0.766. The van der Waals surface area contributed by atoms with Gasteiger partial charge in [-0.25, -0.2) is 0 Å². The first-order chi connectivity index (χ1) is 7.77. The van der Waals surface area contributed by atoms with E-state index in [1.807, 2.05) is 0 Å². The number of benzene rings is 1. The SMILES string of the molecule is C=CCOc1ccccc1NC(=O)CC#N. The van der Waals surface area contributed by atoms with Gasteiger partial charge in [-0.05, 0) is 12.1 Å². The minimum atomic E-state index is -0.350. The zero-order valence-corrected chi connectivity index (χ0v) is 8.77. The standard InChI is InChI=1S/C12H12N2O2/c1-2-9-16-11-6-4-3-5-10(11)14-12(15)7-8-13/h2-6H,1,7,9H2,(H,14,15). The van der Waals surface area contributed by atoms with Crippen LogP contribution in [0.15, 0.2) is 36.9 Å². The topological polar surface area (TPSA) is 62.1 Å². The molecule has 0 saturated carbocycles. The van der Waals surface area contributed by atoms with Gasteiger partial charge in [-0.1, -0.05) is 24.8 Å². The number of anilines is 1. The van der Waals surface area contributed by atoms with E-state index in [0.717, 1.165) is 0 Å². The highest BCUT2D eigenvalue weighted by Crippen LogP contribution is 2.23. The molecule has 1 aromatic carbocycles. The normalized spacial score (nSPS) is 8.94. The van der Waals surface area contributed by atoms with Gasteiger partial charge in [0.15, 0.2) is 0 Å². The maximum atomic E-state index is 11.2. The molecule has 0 aliphatic heterocycles. The minimum Gasteiger partial charge on any atom is -0.487 e. The molecule has 0 heterocycles. The van der Waals surface area contributed by atoms with E-state index in [9.17, 15) is 4.79 Å². The van der Waals surface area contributed by atoms with Crippen LogP contribution in [0.2, 0.25) is 0 Å². The fraction of sp³-hybridized carbons (Fsp3) is 0.167. The number of hydrogen-bond donors (Lipinski definition) is 1. The number of nitrogens with zero attached hydrogens (tertiary/aromatic N) is 1. The molecule has 0 saturated heterocycles. The molecule has 0 bridgehead atoms. The Bertz CT molecular complexity index is 421. The van der Waals surface area contributed by atoms with Crippen molar-refractivity contribution < 1.29 is 9.53 Å². The van der Waals surface area contributed by atoms with Crippen molar-refractivity contribution in [3.8, 4) is 11.8 Å². The van der Waals surface area contributed by atoms with Gasteiger partial charge in [-0.3, -0.25) is 4.79 Å². The predicted octanol–water partition coefficient (Wildman–Crippen LogP) is 2.10. The van der Waals surface area contributed by atoms with Crippen LogP contribution in [-0.4, -0.2) is 12.5 Å². The van der Waals surface area contributed by atoms with Gasteiger partial charge < -0.3 is 10.1 Å². The Kier molecular flexibility index (Phi) is 4.61. The third kappa shape index (κ3) is 3.46. The number of rotatable bonds is 5. The molecular formula is C12H12N2O2. The van der Waals surface area contributed by atoms with E-state index < -0.39 is 0 Å². The Morgan fingerprint density at radius 2 is 2.31 bits per heavy atom. The number of ether oxygens (including phenoxy) is 1. The van der Waals surface area contributed by atoms with Gasteiger partial charge in [0.2, 0.25) is 5.91 Å². The van der Waals surface area contributed by atoms with Crippen LogP contribution in [0.4, 0.5) is 5.69 Å². The molecule has 1 N–H and O–H groups in total. The number of amides is 1. The minimum absolute atomic E-state index is 0.171. The van der Waals surface area contributed by atoms with Crippen LogP contribution in [0.25, 0.3) is 0 Å². The van der Waals surface area contributed by atoms with Gasteiger partial charge in [-0.2, -0.15) is 5.26 Å². The zero-order valence-electron chi connectivity index (χ0n) is 8.77. The summed E-state index contributed by atoms with van der Waals surface area (Å²) >= 11 is 0. The van der Waals surface area contributed by atoms with Gasteiger partial charge in [0, 0.05) is 0 Å². The summed E-state index contributed by atoms with van der Waals surface area (Å²) in [5, 5.41) is 11.0. The molecular weight excluding hydrogens is 204 g/mol. The van der Waals surface area contributed by atoms with Crippen molar-refractivity contribution in [2.24, 2.45) is 0 Å². The number of para-hydroxylation sites is 2. The molecule has 4 heteroatoms. The van der Waals surface area contributed by atoms with Crippen molar-refractivity contribution in [3.05, 3.63) is 36.9 Å². The molecule has 0 spiro atoms. The van der Waals surface area contributed by atoms with Gasteiger partial charge in [-0.15, -0.1) is 0 Å². The van der Waals surface area contributed by atoms with E-state index in [1.165, 1.54) is 0 Å². The number of nitriles is 1. The summed E-state index contributed by atoms with van der Waals surface area (Å²) in [6.07, 6.45) is 1.45. The summed E-state index contributed by atoms with van der Waals surface area (Å²) in [6.45, 7) is 3.91. The average Bonchev–Trinajstić information content (AvgIpc) is 2.28.